The van der Waals surface area contributed by atoms with E-state index in [1.54, 1.807) is 24.3 Å². The second-order valence-corrected chi connectivity index (χ2v) is 5.13. The van der Waals surface area contributed by atoms with Crippen molar-refractivity contribution in [1.82, 2.24) is 9.97 Å². The number of nitrogen functional groups attached to an aromatic ring is 1. The minimum Gasteiger partial charge on any atom is -0.321 e. The highest BCUT2D eigenvalue weighted by atomic mass is 35.5. The molecule has 7 heteroatoms. The van der Waals surface area contributed by atoms with Crippen molar-refractivity contribution in [2.24, 2.45) is 5.84 Å². The fourth-order valence-corrected chi connectivity index (χ4v) is 1.88. The van der Waals surface area contributed by atoms with Crippen molar-refractivity contribution in [3.8, 4) is 0 Å². The van der Waals surface area contributed by atoms with Crippen LogP contribution in [0.25, 0.3) is 0 Å². The quantitative estimate of drug-likeness (QED) is 0.596. The SMILES string of the molecule is CC(C)c1ncc(NN)c(C(=O)Nc2ccccc2Cl)n1. The molecule has 6 nitrogen and oxygen atoms in total. The first-order valence-corrected chi connectivity index (χ1v) is 6.80. The Morgan fingerprint density at radius 1 is 1.29 bits per heavy atom. The number of hydrazine groups is 1. The Labute approximate surface area is 127 Å². The molecule has 1 amide bonds. The number of para-hydroxylation sites is 1. The molecule has 0 aliphatic rings. The number of amides is 1. The van der Waals surface area contributed by atoms with Gasteiger partial charge in [0.15, 0.2) is 5.69 Å². The third kappa shape index (κ3) is 3.48. The highest BCUT2D eigenvalue weighted by Gasteiger charge is 2.17. The topological polar surface area (TPSA) is 92.9 Å². The molecule has 1 heterocycles. The normalized spacial score (nSPS) is 10.5. The fourth-order valence-electron chi connectivity index (χ4n) is 1.70. The van der Waals surface area contributed by atoms with Crippen LogP contribution in [-0.2, 0) is 0 Å². The molecule has 0 unspecified atom stereocenters. The molecule has 0 saturated carbocycles. The predicted molar refractivity (Wildman–Crippen MR) is 83.3 cm³/mol. The number of nitrogens with two attached hydrogens (primary N) is 1. The average Bonchev–Trinajstić information content (AvgIpc) is 2.48. The zero-order chi connectivity index (χ0) is 15.4. The number of benzene rings is 1. The third-order valence-corrected chi connectivity index (χ3v) is 3.15. The maximum atomic E-state index is 12.4. The van der Waals surface area contributed by atoms with E-state index >= 15 is 0 Å². The average molecular weight is 306 g/mol. The molecule has 21 heavy (non-hydrogen) atoms. The first-order chi connectivity index (χ1) is 10.0. The van der Waals surface area contributed by atoms with Gasteiger partial charge in [0, 0.05) is 5.92 Å². The number of hydrogen-bond donors (Lipinski definition) is 3. The van der Waals surface area contributed by atoms with Crippen molar-refractivity contribution in [2.75, 3.05) is 10.7 Å². The summed E-state index contributed by atoms with van der Waals surface area (Å²) in [5.41, 5.74) is 3.46. The van der Waals surface area contributed by atoms with Crippen molar-refractivity contribution in [1.29, 1.82) is 0 Å². The van der Waals surface area contributed by atoms with Crippen molar-refractivity contribution < 1.29 is 4.79 Å². The summed E-state index contributed by atoms with van der Waals surface area (Å²) >= 11 is 6.02. The Balaban J connectivity index is 2.34. The first kappa shape index (κ1) is 15.2. The van der Waals surface area contributed by atoms with E-state index in [9.17, 15) is 4.79 Å². The third-order valence-electron chi connectivity index (χ3n) is 2.82. The van der Waals surface area contributed by atoms with Gasteiger partial charge in [-0.25, -0.2) is 9.97 Å². The molecule has 1 aromatic carbocycles. The van der Waals surface area contributed by atoms with Gasteiger partial charge in [-0.15, -0.1) is 0 Å². The van der Waals surface area contributed by atoms with Gasteiger partial charge in [0.05, 0.1) is 22.6 Å². The smallest absolute Gasteiger partial charge is 0.276 e. The predicted octanol–water partition coefficient (Wildman–Crippen LogP) is 2.79. The molecule has 2 rings (SSSR count). The fraction of sp³-hybridized carbons (Fsp3) is 0.214. The lowest BCUT2D eigenvalue weighted by atomic mass is 10.2. The molecule has 0 bridgehead atoms. The van der Waals surface area contributed by atoms with Crippen molar-refractivity contribution in [2.45, 2.75) is 19.8 Å². The summed E-state index contributed by atoms with van der Waals surface area (Å²) in [6.07, 6.45) is 1.49. The minimum absolute atomic E-state index is 0.101. The summed E-state index contributed by atoms with van der Waals surface area (Å²) in [6.45, 7) is 3.89. The van der Waals surface area contributed by atoms with Gasteiger partial charge in [0.25, 0.3) is 5.91 Å². The Bertz CT molecular complexity index is 660. The van der Waals surface area contributed by atoms with Crippen LogP contribution in [0.3, 0.4) is 0 Å². The van der Waals surface area contributed by atoms with Crippen LogP contribution in [-0.4, -0.2) is 15.9 Å². The number of carbonyl (C=O) groups is 1. The highest BCUT2D eigenvalue weighted by molar-refractivity contribution is 6.33. The standard InChI is InChI=1S/C14H16ClN5O/c1-8(2)13-17-7-11(20-16)12(19-13)14(21)18-10-6-4-3-5-9(10)15/h3-8,20H,16H2,1-2H3,(H,18,21). The van der Waals surface area contributed by atoms with Gasteiger partial charge in [-0.05, 0) is 12.1 Å². The minimum atomic E-state index is -0.402. The number of nitrogens with one attached hydrogen (secondary N) is 2. The van der Waals surface area contributed by atoms with Gasteiger partial charge in [0.1, 0.15) is 5.82 Å². The first-order valence-electron chi connectivity index (χ1n) is 6.42. The number of carbonyl (C=O) groups excluding carboxylic acids is 1. The lowest BCUT2D eigenvalue weighted by Gasteiger charge is -2.12. The van der Waals surface area contributed by atoms with E-state index in [0.29, 0.717) is 22.2 Å². The molecule has 4 N–H and O–H groups in total. The Morgan fingerprint density at radius 2 is 2.00 bits per heavy atom. The van der Waals surface area contributed by atoms with E-state index in [4.69, 9.17) is 17.4 Å². The van der Waals surface area contributed by atoms with Crippen LogP contribution in [0.2, 0.25) is 5.02 Å². The molecule has 110 valence electrons. The molecule has 0 spiro atoms. The van der Waals surface area contributed by atoms with Crippen LogP contribution in [0.4, 0.5) is 11.4 Å². The monoisotopic (exact) mass is 305 g/mol. The molecule has 2 aromatic rings. The Hall–Kier alpha value is -2.18. The van der Waals surface area contributed by atoms with E-state index in [1.807, 2.05) is 13.8 Å². The molecule has 0 atom stereocenters. The van der Waals surface area contributed by atoms with Gasteiger partial charge < -0.3 is 10.7 Å². The number of aromatic nitrogens is 2. The van der Waals surface area contributed by atoms with Crippen LogP contribution >= 0.6 is 11.6 Å². The van der Waals surface area contributed by atoms with E-state index in [2.05, 4.69) is 20.7 Å². The van der Waals surface area contributed by atoms with Crippen LogP contribution < -0.4 is 16.6 Å². The molecule has 0 saturated heterocycles. The maximum absolute atomic E-state index is 12.4. The number of rotatable bonds is 4. The van der Waals surface area contributed by atoms with Crippen molar-refractivity contribution in [3.05, 3.63) is 47.0 Å². The summed E-state index contributed by atoms with van der Waals surface area (Å²) in [5.74, 6) is 5.67. The lowest BCUT2D eigenvalue weighted by molar-refractivity contribution is 0.102. The van der Waals surface area contributed by atoms with Crippen molar-refractivity contribution in [3.63, 3.8) is 0 Å². The number of anilines is 2. The summed E-state index contributed by atoms with van der Waals surface area (Å²) < 4.78 is 0. The van der Waals surface area contributed by atoms with E-state index in [0.717, 1.165) is 0 Å². The van der Waals surface area contributed by atoms with Crippen LogP contribution in [0.15, 0.2) is 30.5 Å². The Morgan fingerprint density at radius 3 is 2.62 bits per heavy atom. The van der Waals surface area contributed by atoms with E-state index in [-0.39, 0.29) is 11.6 Å². The van der Waals surface area contributed by atoms with Gasteiger partial charge in [0.2, 0.25) is 0 Å². The molecular formula is C14H16ClN5O. The van der Waals surface area contributed by atoms with Crippen LogP contribution in [0.5, 0.6) is 0 Å². The number of nitrogens with zero attached hydrogens (tertiary/aromatic N) is 2. The molecule has 0 aliphatic heterocycles. The lowest BCUT2D eigenvalue weighted by Crippen LogP contribution is -2.20. The van der Waals surface area contributed by atoms with Gasteiger partial charge in [-0.3, -0.25) is 10.6 Å². The van der Waals surface area contributed by atoms with E-state index < -0.39 is 5.91 Å². The maximum Gasteiger partial charge on any atom is 0.276 e. The zero-order valence-electron chi connectivity index (χ0n) is 11.7. The van der Waals surface area contributed by atoms with Crippen LogP contribution in [0.1, 0.15) is 36.1 Å². The second kappa shape index (κ2) is 6.51. The zero-order valence-corrected chi connectivity index (χ0v) is 12.5. The van der Waals surface area contributed by atoms with Crippen molar-refractivity contribution >= 4 is 28.9 Å². The molecular weight excluding hydrogens is 290 g/mol. The second-order valence-electron chi connectivity index (χ2n) is 4.72. The summed E-state index contributed by atoms with van der Waals surface area (Å²) in [6, 6.07) is 6.97. The highest BCUT2D eigenvalue weighted by Crippen LogP contribution is 2.22. The van der Waals surface area contributed by atoms with Gasteiger partial charge in [-0.2, -0.15) is 0 Å². The molecule has 0 radical (unpaired) electrons. The largest absolute Gasteiger partial charge is 0.321 e. The summed E-state index contributed by atoms with van der Waals surface area (Å²) in [7, 11) is 0. The van der Waals surface area contributed by atoms with Crippen LogP contribution in [0, 0.1) is 0 Å². The summed E-state index contributed by atoms with van der Waals surface area (Å²) in [4.78, 5) is 20.8. The number of halogens is 1. The molecule has 0 aliphatic carbocycles. The molecule has 1 aromatic heterocycles. The van der Waals surface area contributed by atoms with Gasteiger partial charge in [-0.1, -0.05) is 37.6 Å². The molecule has 0 fully saturated rings. The van der Waals surface area contributed by atoms with E-state index in [1.165, 1.54) is 6.20 Å². The Kier molecular flexibility index (Phi) is 4.72. The van der Waals surface area contributed by atoms with Gasteiger partial charge >= 0.3 is 0 Å². The summed E-state index contributed by atoms with van der Waals surface area (Å²) in [5, 5.41) is 3.16. The number of hydrogen-bond acceptors (Lipinski definition) is 5.